The summed E-state index contributed by atoms with van der Waals surface area (Å²) in [5.74, 6) is 0.645. The number of aliphatic hydroxyl groups excluding tert-OH is 1. The Morgan fingerprint density at radius 1 is 1.25 bits per heavy atom. The Morgan fingerprint density at radius 3 is 2.79 bits per heavy atom. The third kappa shape index (κ3) is 2.99. The number of hydrogen-bond donors (Lipinski definition) is 2. The third-order valence-electron chi connectivity index (χ3n) is 4.89. The van der Waals surface area contributed by atoms with Gasteiger partial charge in [-0.2, -0.15) is 0 Å². The highest BCUT2D eigenvalue weighted by molar-refractivity contribution is 5.93. The molecule has 24 heavy (non-hydrogen) atoms. The zero-order chi connectivity index (χ0) is 16.5. The van der Waals surface area contributed by atoms with E-state index in [1.54, 1.807) is 6.20 Å². The summed E-state index contributed by atoms with van der Waals surface area (Å²) in [4.78, 5) is 18.8. The highest BCUT2D eigenvalue weighted by Crippen LogP contribution is 2.40. The lowest BCUT2D eigenvalue weighted by molar-refractivity contribution is 0.0945. The van der Waals surface area contributed by atoms with Crippen molar-refractivity contribution in [2.75, 3.05) is 24.6 Å². The molecule has 1 aromatic heterocycles. The van der Waals surface area contributed by atoms with Gasteiger partial charge in [-0.3, -0.25) is 9.78 Å². The lowest BCUT2D eigenvalue weighted by Crippen LogP contribution is -2.48. The molecule has 0 unspecified atom stereocenters. The van der Waals surface area contributed by atoms with Crippen LogP contribution in [-0.4, -0.2) is 41.7 Å². The Labute approximate surface area is 141 Å². The predicted octanol–water partition coefficient (Wildman–Crippen LogP) is 1.80. The van der Waals surface area contributed by atoms with Crippen molar-refractivity contribution in [1.29, 1.82) is 0 Å². The van der Waals surface area contributed by atoms with Gasteiger partial charge in [0.25, 0.3) is 5.91 Å². The lowest BCUT2D eigenvalue weighted by Gasteiger charge is -2.40. The zero-order valence-corrected chi connectivity index (χ0v) is 13.4. The van der Waals surface area contributed by atoms with Crippen molar-refractivity contribution in [3.8, 4) is 0 Å². The normalized spacial score (nSPS) is 22.8. The number of benzene rings is 1. The maximum Gasteiger partial charge on any atom is 0.270 e. The summed E-state index contributed by atoms with van der Waals surface area (Å²) in [6, 6.07) is 14.2. The Balaban J connectivity index is 1.37. The highest BCUT2D eigenvalue weighted by atomic mass is 16.3. The molecule has 5 heteroatoms. The largest absolute Gasteiger partial charge is 0.396 e. The standard InChI is InChI=1S/C19H21N3O2/c23-12-13-10-22(11-13)15-6-7-20-18(8-15)19(24)21-17-9-16(17)14-4-2-1-3-5-14/h1-8,13,16-17,23H,9-12H2,(H,21,24)/t16-,17+/m0/s1. The summed E-state index contributed by atoms with van der Waals surface area (Å²) in [6.45, 7) is 1.89. The number of carbonyl (C=O) groups excluding carboxylic acids is 1. The molecule has 2 fully saturated rings. The number of nitrogens with one attached hydrogen (secondary N) is 1. The molecule has 1 aromatic carbocycles. The highest BCUT2D eigenvalue weighted by Gasteiger charge is 2.39. The molecule has 2 atom stereocenters. The van der Waals surface area contributed by atoms with E-state index in [1.165, 1.54) is 5.56 Å². The van der Waals surface area contributed by atoms with Crippen LogP contribution in [0, 0.1) is 5.92 Å². The van der Waals surface area contributed by atoms with Gasteiger partial charge in [0, 0.05) is 49.5 Å². The minimum Gasteiger partial charge on any atom is -0.396 e. The quantitative estimate of drug-likeness (QED) is 0.880. The number of pyridine rings is 1. The van der Waals surface area contributed by atoms with Crippen LogP contribution in [0.5, 0.6) is 0 Å². The number of carbonyl (C=O) groups is 1. The van der Waals surface area contributed by atoms with Crippen LogP contribution in [0.2, 0.25) is 0 Å². The van der Waals surface area contributed by atoms with Crippen molar-refractivity contribution >= 4 is 11.6 Å². The van der Waals surface area contributed by atoms with Crippen molar-refractivity contribution in [3.63, 3.8) is 0 Å². The predicted molar refractivity (Wildman–Crippen MR) is 92.1 cm³/mol. The topological polar surface area (TPSA) is 65.5 Å². The van der Waals surface area contributed by atoms with Crippen LogP contribution in [0.3, 0.4) is 0 Å². The molecular weight excluding hydrogens is 302 g/mol. The van der Waals surface area contributed by atoms with E-state index in [0.29, 0.717) is 17.5 Å². The van der Waals surface area contributed by atoms with Crippen molar-refractivity contribution in [1.82, 2.24) is 10.3 Å². The number of amides is 1. The molecule has 0 radical (unpaired) electrons. The van der Waals surface area contributed by atoms with Gasteiger partial charge in [-0.05, 0) is 24.1 Å². The summed E-state index contributed by atoms with van der Waals surface area (Å²) in [6.07, 6.45) is 2.66. The number of rotatable bonds is 5. The van der Waals surface area contributed by atoms with Crippen molar-refractivity contribution in [2.45, 2.75) is 18.4 Å². The second-order valence-corrected chi connectivity index (χ2v) is 6.69. The molecule has 0 spiro atoms. The fraction of sp³-hybridized carbons (Fsp3) is 0.368. The molecule has 1 amide bonds. The van der Waals surface area contributed by atoms with Crippen molar-refractivity contribution in [3.05, 3.63) is 59.9 Å². The van der Waals surface area contributed by atoms with Gasteiger partial charge in [0.1, 0.15) is 5.69 Å². The first kappa shape index (κ1) is 15.1. The number of aromatic nitrogens is 1. The average Bonchev–Trinajstić information content (AvgIpc) is 3.34. The average molecular weight is 323 g/mol. The molecule has 4 rings (SSSR count). The van der Waals surface area contributed by atoms with Gasteiger partial charge in [-0.1, -0.05) is 30.3 Å². The number of aliphatic hydroxyl groups is 1. The number of hydrogen-bond acceptors (Lipinski definition) is 4. The van der Waals surface area contributed by atoms with Crippen LogP contribution in [0.15, 0.2) is 48.7 Å². The van der Waals surface area contributed by atoms with Crippen LogP contribution in [0.4, 0.5) is 5.69 Å². The van der Waals surface area contributed by atoms with Crippen molar-refractivity contribution < 1.29 is 9.90 Å². The number of anilines is 1. The maximum absolute atomic E-state index is 12.4. The molecule has 0 bridgehead atoms. The smallest absolute Gasteiger partial charge is 0.270 e. The second-order valence-electron chi connectivity index (χ2n) is 6.69. The van der Waals surface area contributed by atoms with Gasteiger partial charge in [-0.15, -0.1) is 0 Å². The monoisotopic (exact) mass is 323 g/mol. The molecule has 1 aliphatic heterocycles. The van der Waals surface area contributed by atoms with Crippen LogP contribution in [0.25, 0.3) is 0 Å². The van der Waals surface area contributed by atoms with E-state index >= 15 is 0 Å². The molecule has 2 N–H and O–H groups in total. The van der Waals surface area contributed by atoms with Crippen LogP contribution in [-0.2, 0) is 0 Å². The van der Waals surface area contributed by atoms with Gasteiger partial charge < -0.3 is 15.3 Å². The van der Waals surface area contributed by atoms with E-state index in [4.69, 9.17) is 5.11 Å². The minimum atomic E-state index is -0.112. The van der Waals surface area contributed by atoms with E-state index in [1.807, 2.05) is 30.3 Å². The fourth-order valence-electron chi connectivity index (χ4n) is 3.30. The van der Waals surface area contributed by atoms with Crippen molar-refractivity contribution in [2.24, 2.45) is 5.92 Å². The first-order valence-electron chi connectivity index (χ1n) is 8.42. The molecule has 2 heterocycles. The Bertz CT molecular complexity index is 728. The molecular formula is C19H21N3O2. The molecule has 2 aliphatic rings. The van der Waals surface area contributed by atoms with Gasteiger partial charge in [0.05, 0.1) is 0 Å². The molecule has 1 saturated carbocycles. The van der Waals surface area contributed by atoms with Gasteiger partial charge in [0.2, 0.25) is 0 Å². The Hall–Kier alpha value is -2.40. The fourth-order valence-corrected chi connectivity index (χ4v) is 3.30. The summed E-state index contributed by atoms with van der Waals surface area (Å²) in [5, 5.41) is 12.2. The van der Waals surface area contributed by atoms with Gasteiger partial charge in [-0.25, -0.2) is 0 Å². The minimum absolute atomic E-state index is 0.112. The molecule has 1 saturated heterocycles. The molecule has 1 aliphatic carbocycles. The van der Waals surface area contributed by atoms with E-state index in [0.717, 1.165) is 25.2 Å². The lowest BCUT2D eigenvalue weighted by atomic mass is 10.0. The van der Waals surface area contributed by atoms with Crippen LogP contribution in [0.1, 0.15) is 28.4 Å². The summed E-state index contributed by atoms with van der Waals surface area (Å²) < 4.78 is 0. The number of nitrogens with zero attached hydrogens (tertiary/aromatic N) is 2. The van der Waals surface area contributed by atoms with Crippen LogP contribution >= 0.6 is 0 Å². The van der Waals surface area contributed by atoms with E-state index in [9.17, 15) is 4.79 Å². The first-order chi connectivity index (χ1) is 11.7. The van der Waals surface area contributed by atoms with E-state index < -0.39 is 0 Å². The summed E-state index contributed by atoms with van der Waals surface area (Å²) in [5.41, 5.74) is 2.73. The molecule has 2 aromatic rings. The zero-order valence-electron chi connectivity index (χ0n) is 13.4. The van der Waals surface area contributed by atoms with Gasteiger partial charge in [0.15, 0.2) is 0 Å². The molecule has 5 nitrogen and oxygen atoms in total. The van der Waals surface area contributed by atoms with E-state index in [-0.39, 0.29) is 18.6 Å². The van der Waals surface area contributed by atoms with E-state index in [2.05, 4.69) is 27.3 Å². The summed E-state index contributed by atoms with van der Waals surface area (Å²) in [7, 11) is 0. The Kier molecular flexibility index (Phi) is 3.94. The molecule has 124 valence electrons. The first-order valence-corrected chi connectivity index (χ1v) is 8.42. The summed E-state index contributed by atoms with van der Waals surface area (Å²) >= 11 is 0. The maximum atomic E-state index is 12.4. The Morgan fingerprint density at radius 2 is 2.04 bits per heavy atom. The second kappa shape index (κ2) is 6.24. The van der Waals surface area contributed by atoms with Gasteiger partial charge >= 0.3 is 0 Å². The third-order valence-corrected chi connectivity index (χ3v) is 4.89. The van der Waals surface area contributed by atoms with Crippen LogP contribution < -0.4 is 10.2 Å². The SMILES string of the molecule is O=C(N[C@@H]1C[C@H]1c1ccccc1)c1cc(N2CC(CO)C2)ccn1.